The SMILES string of the molecule is N#Cc1cc[n+](CC(=O)c2ccccc2)cc1.[Br-]. The van der Waals surface area contributed by atoms with Crippen molar-refractivity contribution in [1.29, 1.82) is 5.26 Å². The van der Waals surface area contributed by atoms with Crippen LogP contribution in [-0.4, -0.2) is 5.78 Å². The number of ketones is 1. The third kappa shape index (κ3) is 3.51. The summed E-state index contributed by atoms with van der Waals surface area (Å²) in [7, 11) is 0. The number of hydrogen-bond donors (Lipinski definition) is 0. The van der Waals surface area contributed by atoms with Crippen molar-refractivity contribution in [2.24, 2.45) is 0 Å². The topological polar surface area (TPSA) is 44.7 Å². The number of Topliss-reactive ketones (excluding diaryl/α,β-unsaturated/α-hetero) is 1. The van der Waals surface area contributed by atoms with E-state index >= 15 is 0 Å². The second kappa shape index (κ2) is 6.67. The summed E-state index contributed by atoms with van der Waals surface area (Å²) in [6.45, 7) is 0.287. The molecule has 2 aromatic rings. The molecule has 0 saturated heterocycles. The Labute approximate surface area is 116 Å². The highest BCUT2D eigenvalue weighted by Gasteiger charge is 2.11. The van der Waals surface area contributed by atoms with E-state index in [-0.39, 0.29) is 29.3 Å². The average Bonchev–Trinajstić information content (AvgIpc) is 2.40. The molecule has 1 heterocycles. The minimum atomic E-state index is 0. The van der Waals surface area contributed by atoms with Gasteiger partial charge in [-0.05, 0) is 0 Å². The zero-order chi connectivity index (χ0) is 12.1. The van der Waals surface area contributed by atoms with Crippen LogP contribution < -0.4 is 21.5 Å². The molecule has 0 bridgehead atoms. The molecule has 0 unspecified atom stereocenters. The van der Waals surface area contributed by atoms with Crippen LogP contribution in [0, 0.1) is 11.3 Å². The molecular formula is C14H11BrN2O. The first-order valence-corrected chi connectivity index (χ1v) is 5.27. The molecule has 0 atom stereocenters. The molecule has 3 nitrogen and oxygen atoms in total. The molecule has 0 amide bonds. The van der Waals surface area contributed by atoms with Crippen LogP contribution in [0.2, 0.25) is 0 Å². The smallest absolute Gasteiger partial charge is 0.227 e. The van der Waals surface area contributed by atoms with Crippen LogP contribution in [0.15, 0.2) is 54.9 Å². The van der Waals surface area contributed by atoms with E-state index in [1.807, 2.05) is 24.3 Å². The molecule has 18 heavy (non-hydrogen) atoms. The second-order valence-electron chi connectivity index (χ2n) is 3.66. The number of pyridine rings is 1. The third-order valence-electron chi connectivity index (χ3n) is 2.44. The van der Waals surface area contributed by atoms with E-state index < -0.39 is 0 Å². The van der Waals surface area contributed by atoms with Gasteiger partial charge in [-0.3, -0.25) is 4.79 Å². The molecule has 0 saturated carbocycles. The summed E-state index contributed by atoms with van der Waals surface area (Å²) in [5.41, 5.74) is 1.29. The van der Waals surface area contributed by atoms with Crippen LogP contribution in [0.5, 0.6) is 0 Å². The largest absolute Gasteiger partial charge is 1.00 e. The van der Waals surface area contributed by atoms with Crippen molar-refractivity contribution < 1.29 is 26.3 Å². The van der Waals surface area contributed by atoms with Crippen LogP contribution in [-0.2, 0) is 6.54 Å². The van der Waals surface area contributed by atoms with E-state index in [0.29, 0.717) is 11.1 Å². The van der Waals surface area contributed by atoms with Crippen molar-refractivity contribution in [2.45, 2.75) is 6.54 Å². The number of carbonyl (C=O) groups is 1. The second-order valence-corrected chi connectivity index (χ2v) is 3.66. The van der Waals surface area contributed by atoms with E-state index in [4.69, 9.17) is 5.26 Å². The van der Waals surface area contributed by atoms with Gasteiger partial charge in [0.05, 0.1) is 11.6 Å². The molecule has 0 radical (unpaired) electrons. The Morgan fingerprint density at radius 3 is 2.28 bits per heavy atom. The number of rotatable bonds is 3. The zero-order valence-electron chi connectivity index (χ0n) is 9.58. The van der Waals surface area contributed by atoms with E-state index in [1.54, 1.807) is 41.2 Å². The monoisotopic (exact) mass is 302 g/mol. The van der Waals surface area contributed by atoms with E-state index in [2.05, 4.69) is 0 Å². The van der Waals surface area contributed by atoms with Gasteiger partial charge in [0.25, 0.3) is 0 Å². The predicted octanol–water partition coefficient (Wildman–Crippen LogP) is -1.27. The van der Waals surface area contributed by atoms with E-state index in [0.717, 1.165) is 0 Å². The van der Waals surface area contributed by atoms with Crippen molar-refractivity contribution in [1.82, 2.24) is 0 Å². The number of hydrogen-bond acceptors (Lipinski definition) is 2. The van der Waals surface area contributed by atoms with E-state index in [9.17, 15) is 4.79 Å². The molecule has 0 fully saturated rings. The maximum absolute atomic E-state index is 11.9. The molecule has 90 valence electrons. The van der Waals surface area contributed by atoms with Crippen molar-refractivity contribution in [3.05, 3.63) is 66.0 Å². The van der Waals surface area contributed by atoms with Crippen molar-refractivity contribution in [2.75, 3.05) is 0 Å². The highest BCUT2D eigenvalue weighted by Crippen LogP contribution is 2.00. The van der Waals surface area contributed by atoms with Crippen molar-refractivity contribution in [3.8, 4) is 6.07 Å². The lowest BCUT2D eigenvalue weighted by atomic mass is 10.1. The molecule has 0 aliphatic carbocycles. The number of benzene rings is 1. The summed E-state index contributed by atoms with van der Waals surface area (Å²) in [5.74, 6) is 0.0558. The standard InChI is InChI=1S/C14H11N2O.BrH/c15-10-12-6-8-16(9-7-12)11-14(17)13-4-2-1-3-5-13;/h1-9H,11H2;1H/q+1;/p-1. The molecule has 2 rings (SSSR count). The molecular weight excluding hydrogens is 292 g/mol. The normalized spacial score (nSPS) is 9.06. The molecule has 0 aliphatic heterocycles. The van der Waals surface area contributed by atoms with Crippen molar-refractivity contribution in [3.63, 3.8) is 0 Å². The Kier molecular flexibility index (Phi) is 5.22. The number of aromatic nitrogens is 1. The van der Waals surface area contributed by atoms with Gasteiger partial charge in [-0.25, -0.2) is 0 Å². The Morgan fingerprint density at radius 1 is 1.11 bits per heavy atom. The van der Waals surface area contributed by atoms with Gasteiger partial charge in [-0.1, -0.05) is 30.3 Å². The number of carbonyl (C=O) groups excluding carboxylic acids is 1. The highest BCUT2D eigenvalue weighted by molar-refractivity contribution is 5.94. The quantitative estimate of drug-likeness (QED) is 0.524. The minimum absolute atomic E-state index is 0. The van der Waals surface area contributed by atoms with Crippen LogP contribution in [0.25, 0.3) is 0 Å². The van der Waals surface area contributed by atoms with Crippen molar-refractivity contribution >= 4 is 5.78 Å². The first kappa shape index (κ1) is 14.1. The van der Waals surface area contributed by atoms with Crippen LogP contribution >= 0.6 is 0 Å². The maximum atomic E-state index is 11.9. The summed E-state index contributed by atoms with van der Waals surface area (Å²) in [4.78, 5) is 11.9. The third-order valence-corrected chi connectivity index (χ3v) is 2.44. The van der Waals surface area contributed by atoms with Gasteiger partial charge in [0.2, 0.25) is 12.3 Å². The lowest BCUT2D eigenvalue weighted by Crippen LogP contribution is -3.00. The minimum Gasteiger partial charge on any atom is -1.00 e. The Morgan fingerprint density at radius 2 is 1.72 bits per heavy atom. The van der Waals surface area contributed by atoms with Crippen LogP contribution in [0.3, 0.4) is 0 Å². The number of nitriles is 1. The predicted molar refractivity (Wildman–Crippen MR) is 62.1 cm³/mol. The Bertz CT molecular complexity index is 559. The molecule has 1 aromatic carbocycles. The molecule has 0 spiro atoms. The van der Waals surface area contributed by atoms with Gasteiger partial charge in [0, 0.05) is 17.7 Å². The number of nitrogens with zero attached hydrogens (tertiary/aromatic N) is 2. The van der Waals surface area contributed by atoms with Gasteiger partial charge in [0.15, 0.2) is 12.4 Å². The fourth-order valence-electron chi connectivity index (χ4n) is 1.52. The van der Waals surface area contributed by atoms with Gasteiger partial charge < -0.3 is 17.0 Å². The van der Waals surface area contributed by atoms with Gasteiger partial charge in [-0.15, -0.1) is 0 Å². The van der Waals surface area contributed by atoms with Gasteiger partial charge in [-0.2, -0.15) is 9.83 Å². The van der Waals surface area contributed by atoms with Crippen LogP contribution in [0.1, 0.15) is 15.9 Å². The summed E-state index contributed by atoms with van der Waals surface area (Å²) in [6.07, 6.45) is 3.47. The maximum Gasteiger partial charge on any atom is 0.227 e. The number of halogens is 1. The zero-order valence-corrected chi connectivity index (χ0v) is 11.2. The fraction of sp³-hybridized carbons (Fsp3) is 0.0714. The van der Waals surface area contributed by atoms with Crippen LogP contribution in [0.4, 0.5) is 0 Å². The first-order chi connectivity index (χ1) is 8.29. The molecule has 0 N–H and O–H groups in total. The Hall–Kier alpha value is -1.99. The summed E-state index contributed by atoms with van der Waals surface area (Å²) < 4.78 is 1.76. The summed E-state index contributed by atoms with van der Waals surface area (Å²) in [6, 6.07) is 14.6. The van der Waals surface area contributed by atoms with E-state index in [1.165, 1.54) is 0 Å². The Balaban J connectivity index is 0.00000162. The summed E-state index contributed by atoms with van der Waals surface area (Å²) in [5, 5.41) is 8.66. The molecule has 4 heteroatoms. The lowest BCUT2D eigenvalue weighted by Gasteiger charge is -1.97. The van der Waals surface area contributed by atoms with Gasteiger partial charge >= 0.3 is 0 Å². The molecule has 1 aromatic heterocycles. The average molecular weight is 303 g/mol. The first-order valence-electron chi connectivity index (χ1n) is 5.27. The van der Waals surface area contributed by atoms with Gasteiger partial charge in [0.1, 0.15) is 0 Å². The lowest BCUT2D eigenvalue weighted by molar-refractivity contribution is -0.683. The fourth-order valence-corrected chi connectivity index (χ4v) is 1.52. The summed E-state index contributed by atoms with van der Waals surface area (Å²) >= 11 is 0. The molecule has 0 aliphatic rings. The highest BCUT2D eigenvalue weighted by atomic mass is 79.9.